The molecule has 0 heterocycles. The maximum absolute atomic E-state index is 12.8. The first-order chi connectivity index (χ1) is 31.6. The van der Waals surface area contributed by atoms with Gasteiger partial charge in [-0.1, -0.05) is 183 Å². The molecule has 0 aromatic heterocycles. The van der Waals surface area contributed by atoms with Gasteiger partial charge in [-0.25, -0.2) is 4.79 Å². The van der Waals surface area contributed by atoms with E-state index in [1.807, 2.05) is 21.1 Å². The Kier molecular flexibility index (Phi) is 44.9. The van der Waals surface area contributed by atoms with Crippen molar-refractivity contribution in [1.82, 2.24) is 0 Å². The van der Waals surface area contributed by atoms with Crippen molar-refractivity contribution in [3.05, 3.63) is 72.9 Å². The van der Waals surface area contributed by atoms with Crippen LogP contribution in [0.4, 0.5) is 0 Å². The second-order valence-corrected chi connectivity index (χ2v) is 18.4. The molecule has 0 rings (SSSR count). The van der Waals surface area contributed by atoms with E-state index < -0.39 is 24.3 Å². The molecule has 0 spiro atoms. The molecule has 0 aromatic carbocycles. The number of aliphatic carboxylic acids is 1. The first kappa shape index (κ1) is 61.7. The Morgan fingerprint density at radius 2 is 0.877 bits per heavy atom. The monoisotopic (exact) mass is 913 g/mol. The third kappa shape index (κ3) is 48.5. The van der Waals surface area contributed by atoms with Crippen molar-refractivity contribution in [2.24, 2.45) is 0 Å². The maximum atomic E-state index is 12.8. The lowest BCUT2D eigenvalue weighted by Gasteiger charge is -2.25. The third-order valence-electron chi connectivity index (χ3n) is 10.9. The van der Waals surface area contributed by atoms with Gasteiger partial charge in [0.2, 0.25) is 0 Å². The zero-order chi connectivity index (χ0) is 47.7. The summed E-state index contributed by atoms with van der Waals surface area (Å²) in [5.41, 5.74) is 0. The predicted molar refractivity (Wildman–Crippen MR) is 272 cm³/mol. The molecule has 65 heavy (non-hydrogen) atoms. The number of rotatable bonds is 47. The number of carbonyl (C=O) groups excluding carboxylic acids is 2. The maximum Gasteiger partial charge on any atom is 0.361 e. The Balaban J connectivity index is 4.34. The van der Waals surface area contributed by atoms with Gasteiger partial charge in [-0.2, -0.15) is 0 Å². The van der Waals surface area contributed by atoms with E-state index in [-0.39, 0.29) is 38.6 Å². The van der Waals surface area contributed by atoms with Crippen molar-refractivity contribution in [3.8, 4) is 0 Å². The molecule has 9 heteroatoms. The molecular weight excluding hydrogens is 815 g/mol. The van der Waals surface area contributed by atoms with E-state index in [1.165, 1.54) is 83.5 Å². The number of esters is 2. The number of quaternary nitrogens is 1. The number of carbonyl (C=O) groups is 3. The summed E-state index contributed by atoms with van der Waals surface area (Å²) in [6, 6.07) is 0. The van der Waals surface area contributed by atoms with Gasteiger partial charge in [-0.15, -0.1) is 0 Å². The van der Waals surface area contributed by atoms with Gasteiger partial charge < -0.3 is 28.5 Å². The van der Waals surface area contributed by atoms with Crippen LogP contribution in [0.2, 0.25) is 0 Å². The third-order valence-corrected chi connectivity index (χ3v) is 10.9. The van der Waals surface area contributed by atoms with E-state index in [9.17, 15) is 19.5 Å². The number of ether oxygens (including phenoxy) is 4. The summed E-state index contributed by atoms with van der Waals surface area (Å²) in [7, 11) is 5.95. The highest BCUT2D eigenvalue weighted by atomic mass is 16.7. The fourth-order valence-electron chi connectivity index (χ4n) is 6.92. The minimum atomic E-state index is -1.52. The molecule has 2 atom stereocenters. The van der Waals surface area contributed by atoms with Gasteiger partial charge in [0, 0.05) is 12.8 Å². The van der Waals surface area contributed by atoms with Crippen molar-refractivity contribution in [2.45, 2.75) is 219 Å². The van der Waals surface area contributed by atoms with Crippen LogP contribution in [0.1, 0.15) is 206 Å². The van der Waals surface area contributed by atoms with E-state index in [1.54, 1.807) is 0 Å². The standard InChI is InChI=1S/C56H97NO8/c1-6-8-10-12-14-16-18-20-22-24-25-26-27-28-29-31-33-35-37-39-41-43-45-47-54(59)65-52(51-64-56(55(60)61)62-49-48-57(3,4)5)50-63-53(58)46-44-42-40-38-36-34-32-30-23-21-19-17-15-13-11-9-7-2/h8,10,14-17,20-23,25-26,52,56H,6-7,9,11-13,18-19,24,27-51H2,1-5H3/p+1/b10-8-,16-14-,17-15-,22-20-,23-21-,26-25-. The van der Waals surface area contributed by atoms with Crippen LogP contribution in [0.25, 0.3) is 0 Å². The van der Waals surface area contributed by atoms with Gasteiger partial charge in [0.25, 0.3) is 6.29 Å². The molecule has 0 aromatic rings. The molecule has 9 nitrogen and oxygen atoms in total. The Bertz CT molecular complexity index is 1290. The van der Waals surface area contributed by atoms with Gasteiger partial charge >= 0.3 is 17.9 Å². The SMILES string of the molecule is CC/C=C\C/C=C\C/C=C\C/C=C\CCCCCCCCCCCCC(=O)OC(COC(=O)CCCCCCCCC/C=C\C/C=C\CCCCC)COC(OCC[N+](C)(C)C)C(=O)O. The first-order valence-electron chi connectivity index (χ1n) is 26.1. The normalized spacial score (nSPS) is 13.4. The van der Waals surface area contributed by atoms with E-state index in [0.29, 0.717) is 17.4 Å². The van der Waals surface area contributed by atoms with Crippen molar-refractivity contribution in [3.63, 3.8) is 0 Å². The minimum absolute atomic E-state index is 0.182. The van der Waals surface area contributed by atoms with Crippen LogP contribution in [0, 0.1) is 0 Å². The average Bonchev–Trinajstić information content (AvgIpc) is 3.27. The molecule has 0 saturated heterocycles. The molecule has 0 aliphatic rings. The van der Waals surface area contributed by atoms with Crippen LogP contribution in [-0.4, -0.2) is 87.4 Å². The van der Waals surface area contributed by atoms with Crippen LogP contribution in [0.3, 0.4) is 0 Å². The average molecular weight is 913 g/mol. The van der Waals surface area contributed by atoms with Crippen LogP contribution in [0.5, 0.6) is 0 Å². The molecular formula is C56H98NO8+. The van der Waals surface area contributed by atoms with Gasteiger partial charge in [-0.3, -0.25) is 9.59 Å². The molecule has 2 unspecified atom stereocenters. The van der Waals surface area contributed by atoms with Crippen molar-refractivity contribution >= 4 is 17.9 Å². The summed E-state index contributed by atoms with van der Waals surface area (Å²) < 4.78 is 22.8. The number of likely N-dealkylation sites (N-methyl/N-ethyl adjacent to an activating group) is 1. The highest BCUT2D eigenvalue weighted by molar-refractivity contribution is 5.71. The second kappa shape index (κ2) is 47.2. The topological polar surface area (TPSA) is 108 Å². The number of carboxylic acids is 1. The number of hydrogen-bond donors (Lipinski definition) is 1. The molecule has 0 amide bonds. The Morgan fingerprint density at radius 3 is 1.31 bits per heavy atom. The number of carboxylic acid groups (broad SMARTS) is 1. The van der Waals surface area contributed by atoms with E-state index >= 15 is 0 Å². The summed E-state index contributed by atoms with van der Waals surface area (Å²) in [5.74, 6) is -2.02. The Labute approximate surface area is 398 Å². The second-order valence-electron chi connectivity index (χ2n) is 18.4. The first-order valence-corrected chi connectivity index (χ1v) is 26.1. The lowest BCUT2D eigenvalue weighted by molar-refractivity contribution is -0.870. The number of unbranched alkanes of at least 4 members (excludes halogenated alkanes) is 20. The van der Waals surface area contributed by atoms with Crippen molar-refractivity contribution in [1.29, 1.82) is 0 Å². The fraction of sp³-hybridized carbons (Fsp3) is 0.732. The van der Waals surface area contributed by atoms with Crippen LogP contribution >= 0.6 is 0 Å². The summed E-state index contributed by atoms with van der Waals surface area (Å²) in [5, 5.41) is 9.68. The molecule has 0 radical (unpaired) electrons. The zero-order valence-electron chi connectivity index (χ0n) is 42.4. The fourth-order valence-corrected chi connectivity index (χ4v) is 6.92. The highest BCUT2D eigenvalue weighted by Crippen LogP contribution is 2.15. The van der Waals surface area contributed by atoms with Crippen LogP contribution < -0.4 is 0 Å². The Morgan fingerprint density at radius 1 is 0.477 bits per heavy atom. The summed E-state index contributed by atoms with van der Waals surface area (Å²) >= 11 is 0. The van der Waals surface area contributed by atoms with Crippen molar-refractivity contribution < 1.29 is 42.9 Å². The lowest BCUT2D eigenvalue weighted by atomic mass is 10.0. The molecule has 1 N–H and O–H groups in total. The van der Waals surface area contributed by atoms with E-state index in [4.69, 9.17) is 18.9 Å². The van der Waals surface area contributed by atoms with Gasteiger partial charge in [-0.05, 0) is 83.5 Å². The molecule has 0 aliphatic heterocycles. The largest absolute Gasteiger partial charge is 0.477 e. The van der Waals surface area contributed by atoms with Gasteiger partial charge in [0.1, 0.15) is 13.2 Å². The lowest BCUT2D eigenvalue weighted by Crippen LogP contribution is -2.40. The number of allylic oxidation sites excluding steroid dienone is 12. The molecule has 0 saturated carbocycles. The van der Waals surface area contributed by atoms with Crippen molar-refractivity contribution in [2.75, 3.05) is 47.5 Å². The molecule has 0 fully saturated rings. The van der Waals surface area contributed by atoms with Crippen LogP contribution in [0.15, 0.2) is 72.9 Å². The minimum Gasteiger partial charge on any atom is -0.477 e. The van der Waals surface area contributed by atoms with E-state index in [2.05, 4.69) is 86.8 Å². The summed E-state index contributed by atoms with van der Waals surface area (Å²) in [4.78, 5) is 37.3. The zero-order valence-corrected chi connectivity index (χ0v) is 42.4. The Hall–Kier alpha value is -3.27. The van der Waals surface area contributed by atoms with E-state index in [0.717, 1.165) is 89.9 Å². The quantitative estimate of drug-likeness (QED) is 0.0211. The summed E-state index contributed by atoms with van der Waals surface area (Å²) in [6.45, 7) is 4.72. The molecule has 0 aliphatic carbocycles. The number of hydrogen-bond acceptors (Lipinski definition) is 7. The molecule has 0 bridgehead atoms. The van der Waals surface area contributed by atoms with Crippen LogP contribution in [-0.2, 0) is 33.3 Å². The number of nitrogens with zero attached hydrogens (tertiary/aromatic N) is 1. The predicted octanol–water partition coefficient (Wildman–Crippen LogP) is 14.7. The highest BCUT2D eigenvalue weighted by Gasteiger charge is 2.25. The molecule has 374 valence electrons. The summed E-state index contributed by atoms with van der Waals surface area (Å²) in [6.07, 6.45) is 56.7. The van der Waals surface area contributed by atoms with Gasteiger partial charge in [0.05, 0.1) is 34.4 Å². The van der Waals surface area contributed by atoms with Gasteiger partial charge in [0.15, 0.2) is 6.10 Å². The smallest absolute Gasteiger partial charge is 0.361 e.